The molecule has 1 aromatic heterocycles. The van der Waals surface area contributed by atoms with Gasteiger partial charge in [-0.3, -0.25) is 9.36 Å². The van der Waals surface area contributed by atoms with Crippen molar-refractivity contribution < 1.29 is 9.84 Å². The van der Waals surface area contributed by atoms with E-state index >= 15 is 0 Å². The van der Waals surface area contributed by atoms with Crippen LogP contribution in [0.3, 0.4) is 0 Å². The highest BCUT2D eigenvalue weighted by Gasteiger charge is 2.10. The number of benzene rings is 1. The quantitative estimate of drug-likeness (QED) is 0.849. The Morgan fingerprint density at radius 1 is 1.41 bits per heavy atom. The molecule has 2 aromatic rings. The van der Waals surface area contributed by atoms with Gasteiger partial charge in [-0.15, -0.1) is 0 Å². The molecule has 0 radical (unpaired) electrons. The average molecular weight is 234 g/mol. The molecule has 0 aliphatic heterocycles. The Morgan fingerprint density at radius 2 is 2.18 bits per heavy atom. The topological polar surface area (TPSA) is 64.3 Å². The fourth-order valence-electron chi connectivity index (χ4n) is 1.68. The molecule has 5 heteroatoms. The predicted molar refractivity (Wildman–Crippen MR) is 64.3 cm³/mol. The maximum atomic E-state index is 12.1. The molecule has 5 nitrogen and oxygen atoms in total. The lowest BCUT2D eigenvalue weighted by atomic mass is 10.2. The van der Waals surface area contributed by atoms with Crippen LogP contribution in [0.2, 0.25) is 0 Å². The van der Waals surface area contributed by atoms with Crippen molar-refractivity contribution in [2.75, 3.05) is 13.2 Å². The number of hydrogen-bond donors (Lipinski definition) is 1. The standard InChI is InChI=1S/C12H14N2O3/c1-2-17-12-13-10-6-4-3-5-9(10)11(16)14(12)7-8-15/h3-6,15H,2,7-8H2,1H3. The first-order valence-corrected chi connectivity index (χ1v) is 5.51. The Labute approximate surface area is 98.3 Å². The van der Waals surface area contributed by atoms with Gasteiger partial charge in [-0.1, -0.05) is 12.1 Å². The van der Waals surface area contributed by atoms with Crippen LogP contribution in [0.1, 0.15) is 6.92 Å². The molecule has 2 rings (SSSR count). The molecule has 0 amide bonds. The number of aliphatic hydroxyl groups is 1. The van der Waals surface area contributed by atoms with Gasteiger partial charge in [0.1, 0.15) is 0 Å². The van der Waals surface area contributed by atoms with E-state index in [1.165, 1.54) is 4.57 Å². The minimum atomic E-state index is -0.187. The summed E-state index contributed by atoms with van der Waals surface area (Å²) in [6.45, 7) is 2.31. The van der Waals surface area contributed by atoms with Gasteiger partial charge in [-0.05, 0) is 19.1 Å². The number of aromatic nitrogens is 2. The fourth-order valence-corrected chi connectivity index (χ4v) is 1.68. The van der Waals surface area contributed by atoms with E-state index in [0.29, 0.717) is 17.5 Å². The van der Waals surface area contributed by atoms with Crippen LogP contribution in [0, 0.1) is 0 Å². The molecule has 0 aliphatic rings. The summed E-state index contributed by atoms with van der Waals surface area (Å²) in [4.78, 5) is 16.4. The Morgan fingerprint density at radius 3 is 2.88 bits per heavy atom. The minimum Gasteiger partial charge on any atom is -0.465 e. The maximum Gasteiger partial charge on any atom is 0.299 e. The number of nitrogens with zero attached hydrogens (tertiary/aromatic N) is 2. The highest BCUT2D eigenvalue weighted by atomic mass is 16.5. The molecule has 0 bridgehead atoms. The van der Waals surface area contributed by atoms with Crippen molar-refractivity contribution in [2.45, 2.75) is 13.5 Å². The van der Waals surface area contributed by atoms with E-state index in [9.17, 15) is 4.79 Å². The van der Waals surface area contributed by atoms with E-state index in [-0.39, 0.29) is 24.7 Å². The number of rotatable bonds is 4. The zero-order valence-electron chi connectivity index (χ0n) is 9.59. The van der Waals surface area contributed by atoms with Crippen molar-refractivity contribution in [1.82, 2.24) is 9.55 Å². The highest BCUT2D eigenvalue weighted by molar-refractivity contribution is 5.77. The van der Waals surface area contributed by atoms with Gasteiger partial charge in [0, 0.05) is 0 Å². The summed E-state index contributed by atoms with van der Waals surface area (Å²) in [7, 11) is 0. The molecule has 0 fully saturated rings. The second kappa shape index (κ2) is 4.97. The van der Waals surface area contributed by atoms with Gasteiger partial charge < -0.3 is 9.84 Å². The van der Waals surface area contributed by atoms with Crippen LogP contribution >= 0.6 is 0 Å². The largest absolute Gasteiger partial charge is 0.465 e. The molecule has 1 heterocycles. The van der Waals surface area contributed by atoms with E-state index in [1.807, 2.05) is 13.0 Å². The van der Waals surface area contributed by atoms with Crippen LogP contribution in [0.25, 0.3) is 10.9 Å². The molecular formula is C12H14N2O3. The summed E-state index contributed by atoms with van der Waals surface area (Å²) in [6, 6.07) is 7.34. The van der Waals surface area contributed by atoms with Gasteiger partial charge >= 0.3 is 0 Å². The van der Waals surface area contributed by atoms with E-state index in [4.69, 9.17) is 9.84 Å². The van der Waals surface area contributed by atoms with Crippen LogP contribution in [0.5, 0.6) is 6.01 Å². The molecule has 0 unspecified atom stereocenters. The Bertz CT molecular complexity index is 577. The monoisotopic (exact) mass is 234 g/mol. The zero-order chi connectivity index (χ0) is 12.3. The molecule has 0 atom stereocenters. The third kappa shape index (κ3) is 2.14. The number of fused-ring (bicyclic) bond motifs is 1. The first-order valence-electron chi connectivity index (χ1n) is 5.51. The zero-order valence-corrected chi connectivity index (χ0v) is 9.59. The Hall–Kier alpha value is -1.88. The summed E-state index contributed by atoms with van der Waals surface area (Å²) in [5, 5.41) is 9.50. The van der Waals surface area contributed by atoms with Gasteiger partial charge in [0.25, 0.3) is 11.6 Å². The Kier molecular flexibility index (Phi) is 3.39. The lowest BCUT2D eigenvalue weighted by molar-refractivity contribution is 0.245. The molecule has 0 saturated heterocycles. The van der Waals surface area contributed by atoms with E-state index < -0.39 is 0 Å². The van der Waals surface area contributed by atoms with E-state index in [0.717, 1.165) is 0 Å². The molecule has 1 N–H and O–H groups in total. The highest BCUT2D eigenvalue weighted by Crippen LogP contribution is 2.12. The van der Waals surface area contributed by atoms with Crippen molar-refractivity contribution >= 4 is 10.9 Å². The maximum absolute atomic E-state index is 12.1. The number of para-hydroxylation sites is 1. The first-order chi connectivity index (χ1) is 8.27. The van der Waals surface area contributed by atoms with Crippen LogP contribution in [-0.2, 0) is 6.54 Å². The third-order valence-electron chi connectivity index (χ3n) is 2.42. The normalized spacial score (nSPS) is 10.7. The van der Waals surface area contributed by atoms with Gasteiger partial charge in [-0.2, -0.15) is 4.98 Å². The number of ether oxygens (including phenoxy) is 1. The van der Waals surface area contributed by atoms with Crippen LogP contribution in [0.15, 0.2) is 29.1 Å². The summed E-state index contributed by atoms with van der Waals surface area (Å²) in [6.07, 6.45) is 0. The molecule has 0 spiro atoms. The van der Waals surface area contributed by atoms with Crippen LogP contribution in [0.4, 0.5) is 0 Å². The lowest BCUT2D eigenvalue weighted by Crippen LogP contribution is -2.25. The van der Waals surface area contributed by atoms with Gasteiger partial charge in [0.05, 0.1) is 30.7 Å². The molecule has 0 saturated carbocycles. The van der Waals surface area contributed by atoms with Crippen molar-refractivity contribution in [3.63, 3.8) is 0 Å². The lowest BCUT2D eigenvalue weighted by Gasteiger charge is -2.11. The molecular weight excluding hydrogens is 220 g/mol. The third-order valence-corrected chi connectivity index (χ3v) is 2.42. The van der Waals surface area contributed by atoms with Crippen molar-refractivity contribution in [3.8, 4) is 6.01 Å². The smallest absolute Gasteiger partial charge is 0.299 e. The second-order valence-corrected chi connectivity index (χ2v) is 3.52. The number of hydrogen-bond acceptors (Lipinski definition) is 4. The summed E-state index contributed by atoms with van der Waals surface area (Å²) in [5.41, 5.74) is 0.420. The summed E-state index contributed by atoms with van der Waals surface area (Å²) >= 11 is 0. The van der Waals surface area contributed by atoms with Crippen LogP contribution < -0.4 is 10.3 Å². The van der Waals surface area contributed by atoms with Gasteiger partial charge in [0.2, 0.25) is 0 Å². The van der Waals surface area contributed by atoms with E-state index in [2.05, 4.69) is 4.98 Å². The van der Waals surface area contributed by atoms with Crippen molar-refractivity contribution in [3.05, 3.63) is 34.6 Å². The van der Waals surface area contributed by atoms with Gasteiger partial charge in [-0.25, -0.2) is 0 Å². The van der Waals surface area contributed by atoms with Crippen LogP contribution in [-0.4, -0.2) is 27.9 Å². The summed E-state index contributed by atoms with van der Waals surface area (Å²) < 4.78 is 6.67. The molecule has 90 valence electrons. The fraction of sp³-hybridized carbons (Fsp3) is 0.333. The second-order valence-electron chi connectivity index (χ2n) is 3.52. The summed E-state index contributed by atoms with van der Waals surface area (Å²) in [5.74, 6) is 0. The van der Waals surface area contributed by atoms with Crippen molar-refractivity contribution in [1.29, 1.82) is 0 Å². The average Bonchev–Trinajstić information content (AvgIpc) is 2.34. The van der Waals surface area contributed by atoms with Gasteiger partial charge in [0.15, 0.2) is 0 Å². The molecule has 0 aliphatic carbocycles. The molecule has 1 aromatic carbocycles. The first kappa shape index (κ1) is 11.6. The predicted octanol–water partition coefficient (Wildman–Crippen LogP) is 0.787. The SMILES string of the molecule is CCOc1nc2ccccc2c(=O)n1CCO. The van der Waals surface area contributed by atoms with Crippen molar-refractivity contribution in [2.24, 2.45) is 0 Å². The Balaban J connectivity index is 2.69. The number of aliphatic hydroxyl groups excluding tert-OH is 1. The molecule has 17 heavy (non-hydrogen) atoms. The van der Waals surface area contributed by atoms with E-state index in [1.54, 1.807) is 18.2 Å². The minimum absolute atomic E-state index is 0.125.